The van der Waals surface area contributed by atoms with Gasteiger partial charge in [0.25, 0.3) is 11.6 Å². The zero-order valence-corrected chi connectivity index (χ0v) is 13.3. The van der Waals surface area contributed by atoms with Gasteiger partial charge >= 0.3 is 6.03 Å². The van der Waals surface area contributed by atoms with Gasteiger partial charge in [0.05, 0.1) is 4.92 Å². The first-order valence-electron chi connectivity index (χ1n) is 7.40. The minimum Gasteiger partial charge on any atom is -0.324 e. The van der Waals surface area contributed by atoms with Crippen LogP contribution in [-0.4, -0.2) is 28.3 Å². The number of hydrogen-bond donors (Lipinski definition) is 2. The number of nitrogens with zero attached hydrogens (tertiary/aromatic N) is 2. The van der Waals surface area contributed by atoms with E-state index in [-0.39, 0.29) is 16.8 Å². The number of carbonyl (C=O) groups is 2. The highest BCUT2D eigenvalue weighted by atomic mass is 16.6. The summed E-state index contributed by atoms with van der Waals surface area (Å²) in [4.78, 5) is 44.4. The fourth-order valence-corrected chi connectivity index (χ4v) is 2.20. The van der Waals surface area contributed by atoms with Crippen molar-refractivity contribution in [3.8, 4) is 0 Å². The molecule has 3 amide bonds. The molecule has 2 N–H and O–H groups in total. The first kappa shape index (κ1) is 18.5. The second kappa shape index (κ2) is 8.33. The molecular weight excluding hydrogens is 344 g/mol. The van der Waals surface area contributed by atoms with Gasteiger partial charge in [-0.25, -0.2) is 4.79 Å². The van der Waals surface area contributed by atoms with Gasteiger partial charge in [-0.15, -0.1) is 0 Å². The number of imide groups is 1. The molecule has 1 unspecified atom stereocenters. The highest BCUT2D eigenvalue weighted by molar-refractivity contribution is 6.04. The number of hydrogen-bond acceptors (Lipinski definition) is 6. The van der Waals surface area contributed by atoms with Crippen LogP contribution in [0.2, 0.25) is 0 Å². The van der Waals surface area contributed by atoms with Crippen LogP contribution in [0.1, 0.15) is 22.0 Å². The summed E-state index contributed by atoms with van der Waals surface area (Å²) in [5.41, 5.74) is 0.153. The van der Waals surface area contributed by atoms with Crippen LogP contribution >= 0.6 is 0 Å². The van der Waals surface area contributed by atoms with Crippen molar-refractivity contribution in [2.45, 2.75) is 6.04 Å². The lowest BCUT2D eigenvalue weighted by molar-refractivity contribution is -0.484. The third kappa shape index (κ3) is 5.09. The lowest BCUT2D eigenvalue weighted by Gasteiger charge is -2.15. The molecule has 0 saturated carbocycles. The number of nitro groups is 2. The van der Waals surface area contributed by atoms with E-state index in [2.05, 4.69) is 10.6 Å². The number of benzene rings is 2. The highest BCUT2D eigenvalue weighted by Crippen LogP contribution is 2.19. The fraction of sp³-hybridized carbons (Fsp3) is 0.125. The Kier molecular flexibility index (Phi) is 5.93. The highest BCUT2D eigenvalue weighted by Gasteiger charge is 2.23. The van der Waals surface area contributed by atoms with Gasteiger partial charge in [0.2, 0.25) is 6.54 Å². The first-order chi connectivity index (χ1) is 12.4. The van der Waals surface area contributed by atoms with Crippen molar-refractivity contribution in [2.24, 2.45) is 0 Å². The van der Waals surface area contributed by atoms with Crippen LogP contribution in [0.15, 0.2) is 54.6 Å². The Morgan fingerprint density at radius 1 is 1.00 bits per heavy atom. The largest absolute Gasteiger partial charge is 0.324 e. The van der Waals surface area contributed by atoms with Crippen LogP contribution in [0.25, 0.3) is 0 Å². The Morgan fingerprint density at radius 2 is 1.69 bits per heavy atom. The van der Waals surface area contributed by atoms with Crippen molar-refractivity contribution >= 4 is 17.6 Å². The number of rotatable bonds is 6. The van der Waals surface area contributed by atoms with E-state index in [9.17, 15) is 29.8 Å². The minimum atomic E-state index is -1.14. The number of nitro benzene ring substituents is 1. The topological polar surface area (TPSA) is 144 Å². The molecule has 10 heteroatoms. The van der Waals surface area contributed by atoms with E-state index in [4.69, 9.17) is 0 Å². The van der Waals surface area contributed by atoms with Gasteiger partial charge in [0.15, 0.2) is 0 Å². The summed E-state index contributed by atoms with van der Waals surface area (Å²) >= 11 is 0. The van der Waals surface area contributed by atoms with Gasteiger partial charge in [-0.1, -0.05) is 30.3 Å². The smallest absolute Gasteiger partial charge is 0.322 e. The molecule has 2 rings (SSSR count). The van der Waals surface area contributed by atoms with Crippen molar-refractivity contribution in [1.29, 1.82) is 0 Å². The summed E-state index contributed by atoms with van der Waals surface area (Å²) < 4.78 is 0. The van der Waals surface area contributed by atoms with Crippen molar-refractivity contribution in [1.82, 2.24) is 10.6 Å². The predicted octanol–water partition coefficient (Wildman–Crippen LogP) is 2.05. The summed E-state index contributed by atoms with van der Waals surface area (Å²) in [7, 11) is 0. The molecule has 26 heavy (non-hydrogen) atoms. The number of nitrogens with one attached hydrogen (secondary N) is 2. The van der Waals surface area contributed by atoms with Gasteiger partial charge in [0.1, 0.15) is 6.04 Å². The van der Waals surface area contributed by atoms with Crippen molar-refractivity contribution in [3.05, 3.63) is 86.0 Å². The average molecular weight is 358 g/mol. The van der Waals surface area contributed by atoms with E-state index in [0.717, 1.165) is 6.07 Å². The van der Waals surface area contributed by atoms with Crippen molar-refractivity contribution in [3.63, 3.8) is 0 Å². The summed E-state index contributed by atoms with van der Waals surface area (Å²) in [5, 5.41) is 26.1. The Hall–Kier alpha value is -3.82. The van der Waals surface area contributed by atoms with Gasteiger partial charge in [-0.05, 0) is 17.7 Å². The normalized spacial score (nSPS) is 11.2. The molecule has 0 aliphatic heterocycles. The maximum absolute atomic E-state index is 12.0. The minimum absolute atomic E-state index is 0.179. The van der Waals surface area contributed by atoms with Crippen molar-refractivity contribution < 1.29 is 19.4 Å². The number of non-ortho nitro benzene ring substituents is 1. The van der Waals surface area contributed by atoms with Crippen LogP contribution in [0.3, 0.4) is 0 Å². The molecule has 0 fully saturated rings. The zero-order chi connectivity index (χ0) is 19.1. The molecule has 0 aromatic heterocycles. The zero-order valence-electron chi connectivity index (χ0n) is 13.3. The Morgan fingerprint density at radius 3 is 2.31 bits per heavy atom. The molecule has 0 saturated heterocycles. The summed E-state index contributed by atoms with van der Waals surface area (Å²) in [6, 6.07) is 11.0. The molecule has 0 spiro atoms. The Labute approximate surface area is 147 Å². The van der Waals surface area contributed by atoms with E-state index in [1.165, 1.54) is 30.3 Å². The molecule has 134 valence electrons. The summed E-state index contributed by atoms with van der Waals surface area (Å²) in [6.07, 6.45) is 0. The molecule has 0 heterocycles. The lowest BCUT2D eigenvalue weighted by atomic mass is 10.1. The summed E-state index contributed by atoms with van der Waals surface area (Å²) in [6.45, 7) is -0.700. The van der Waals surface area contributed by atoms with Crippen LogP contribution in [0.5, 0.6) is 0 Å². The standard InChI is InChI=1S/C16H14N4O6/c21-15(11-5-2-1-3-6-11)18-16(22)17-14(10-19(23)24)12-7-4-8-13(9-12)20(25)26/h1-9,14H,10H2,(H2,17,18,21,22). The van der Waals surface area contributed by atoms with Gasteiger partial charge in [-0.2, -0.15) is 0 Å². The maximum atomic E-state index is 12.0. The van der Waals surface area contributed by atoms with E-state index >= 15 is 0 Å². The second-order valence-corrected chi connectivity index (χ2v) is 5.21. The number of urea groups is 1. The van der Waals surface area contributed by atoms with Gasteiger partial charge in [0, 0.05) is 22.6 Å². The third-order valence-corrected chi connectivity index (χ3v) is 3.38. The SMILES string of the molecule is O=C(NC(=O)c1ccccc1)NC(C[N+](=O)[O-])c1cccc([N+](=O)[O-])c1. The fourth-order valence-electron chi connectivity index (χ4n) is 2.20. The number of carbonyl (C=O) groups excluding carboxylic acids is 2. The molecular formula is C16H14N4O6. The van der Waals surface area contributed by atoms with Gasteiger partial charge in [-0.3, -0.25) is 30.3 Å². The average Bonchev–Trinajstić information content (AvgIpc) is 2.61. The molecule has 0 bridgehead atoms. The quantitative estimate of drug-likeness (QED) is 0.597. The Bertz CT molecular complexity index is 840. The molecule has 2 aromatic rings. The molecule has 0 aliphatic carbocycles. The van der Waals surface area contributed by atoms with E-state index in [1.54, 1.807) is 18.2 Å². The van der Waals surface area contributed by atoms with E-state index in [1.807, 2.05) is 0 Å². The maximum Gasteiger partial charge on any atom is 0.322 e. The van der Waals surface area contributed by atoms with E-state index < -0.39 is 34.4 Å². The monoisotopic (exact) mass is 358 g/mol. The second-order valence-electron chi connectivity index (χ2n) is 5.21. The van der Waals surface area contributed by atoms with Crippen LogP contribution < -0.4 is 10.6 Å². The van der Waals surface area contributed by atoms with Crippen molar-refractivity contribution in [2.75, 3.05) is 6.54 Å². The lowest BCUT2D eigenvalue weighted by Crippen LogP contribution is -2.43. The molecule has 10 nitrogen and oxygen atoms in total. The number of amides is 3. The predicted molar refractivity (Wildman–Crippen MR) is 90.1 cm³/mol. The van der Waals surface area contributed by atoms with Crippen LogP contribution in [0.4, 0.5) is 10.5 Å². The first-order valence-corrected chi connectivity index (χ1v) is 7.40. The van der Waals surface area contributed by atoms with Crippen LogP contribution in [0, 0.1) is 20.2 Å². The Balaban J connectivity index is 2.13. The van der Waals surface area contributed by atoms with Crippen LogP contribution in [-0.2, 0) is 0 Å². The van der Waals surface area contributed by atoms with Gasteiger partial charge < -0.3 is 5.32 Å². The molecule has 2 aromatic carbocycles. The molecule has 0 aliphatic rings. The third-order valence-electron chi connectivity index (χ3n) is 3.38. The van der Waals surface area contributed by atoms with E-state index in [0.29, 0.717) is 0 Å². The summed E-state index contributed by atoms with van der Waals surface area (Å²) in [5.74, 6) is -0.679. The molecule has 0 radical (unpaired) electrons. The molecule has 1 atom stereocenters.